The Morgan fingerprint density at radius 1 is 1.00 bits per heavy atom. The van der Waals surface area contributed by atoms with Crippen molar-refractivity contribution in [3.63, 3.8) is 0 Å². The summed E-state index contributed by atoms with van der Waals surface area (Å²) in [5.74, 6) is -2.03. The quantitative estimate of drug-likeness (QED) is 0.577. The Balaban J connectivity index is 2.58. The largest absolute Gasteiger partial charge is 0.464 e. The number of amides is 1. The molecule has 0 saturated heterocycles. The van der Waals surface area contributed by atoms with Gasteiger partial charge in [-0.25, -0.2) is 9.59 Å². The molecule has 1 aromatic carbocycles. The summed E-state index contributed by atoms with van der Waals surface area (Å²) in [6.45, 7) is 3.48. The van der Waals surface area contributed by atoms with Crippen LogP contribution in [0.15, 0.2) is 30.3 Å². The number of nitrogens with one attached hydrogen (secondary N) is 1. The number of aryl methyl sites for hydroxylation is 1. The first-order valence-electron chi connectivity index (χ1n) is 7.25. The Morgan fingerprint density at radius 3 is 2.05 bits per heavy atom. The smallest absolute Gasteiger partial charge is 0.340 e. The number of carbonyl (C=O) groups excluding carboxylic acids is 3. The van der Waals surface area contributed by atoms with Gasteiger partial charge in [0.05, 0.1) is 13.2 Å². The number of hydrogen-bond acceptors (Lipinski definition) is 5. The van der Waals surface area contributed by atoms with Crippen molar-refractivity contribution >= 4 is 17.8 Å². The van der Waals surface area contributed by atoms with E-state index in [9.17, 15) is 14.4 Å². The molecule has 0 fully saturated rings. The zero-order valence-corrected chi connectivity index (χ0v) is 12.8. The molecule has 1 aromatic rings. The monoisotopic (exact) mass is 307 g/mol. The lowest BCUT2D eigenvalue weighted by Crippen LogP contribution is -2.48. The van der Waals surface area contributed by atoms with Gasteiger partial charge in [0.2, 0.25) is 11.9 Å². The summed E-state index contributed by atoms with van der Waals surface area (Å²) in [4.78, 5) is 35.4. The van der Waals surface area contributed by atoms with E-state index in [-0.39, 0.29) is 19.6 Å². The van der Waals surface area contributed by atoms with Gasteiger partial charge in [-0.1, -0.05) is 30.3 Å². The summed E-state index contributed by atoms with van der Waals surface area (Å²) in [5, 5.41) is 2.37. The van der Waals surface area contributed by atoms with Crippen LogP contribution in [0.1, 0.15) is 25.8 Å². The highest BCUT2D eigenvalue weighted by atomic mass is 16.6. The van der Waals surface area contributed by atoms with Crippen LogP contribution < -0.4 is 5.32 Å². The fourth-order valence-corrected chi connectivity index (χ4v) is 1.80. The average Bonchev–Trinajstić information content (AvgIpc) is 2.52. The lowest BCUT2D eigenvalue weighted by molar-refractivity contribution is -0.159. The lowest BCUT2D eigenvalue weighted by Gasteiger charge is -2.15. The molecule has 0 aromatic heterocycles. The summed E-state index contributed by atoms with van der Waals surface area (Å²) in [6, 6.07) is 8.05. The van der Waals surface area contributed by atoms with Gasteiger partial charge in [-0.15, -0.1) is 0 Å². The molecule has 6 nitrogen and oxygen atoms in total. The van der Waals surface area contributed by atoms with Crippen molar-refractivity contribution in [3.8, 4) is 0 Å². The van der Waals surface area contributed by atoms with Gasteiger partial charge >= 0.3 is 11.9 Å². The zero-order valence-electron chi connectivity index (χ0n) is 12.8. The SMILES string of the molecule is CCOC(=O)C(NC(=O)CCc1ccccc1)C(=O)OCC. The first-order valence-corrected chi connectivity index (χ1v) is 7.25. The van der Waals surface area contributed by atoms with Crippen LogP contribution in [0.25, 0.3) is 0 Å². The summed E-state index contributed by atoms with van der Waals surface area (Å²) in [5.41, 5.74) is 1.00. The molecular weight excluding hydrogens is 286 g/mol. The molecule has 0 saturated carbocycles. The molecule has 0 spiro atoms. The predicted molar refractivity (Wildman–Crippen MR) is 80.0 cm³/mol. The number of hydrogen-bond donors (Lipinski definition) is 1. The Hall–Kier alpha value is -2.37. The average molecular weight is 307 g/mol. The predicted octanol–water partition coefficient (Wildman–Crippen LogP) is 1.23. The Morgan fingerprint density at radius 2 is 1.55 bits per heavy atom. The maximum atomic E-state index is 11.9. The third-order valence-corrected chi connectivity index (χ3v) is 2.83. The second kappa shape index (κ2) is 9.55. The highest BCUT2D eigenvalue weighted by molar-refractivity contribution is 6.02. The second-order valence-electron chi connectivity index (χ2n) is 4.49. The Bertz CT molecular complexity index is 483. The topological polar surface area (TPSA) is 81.7 Å². The van der Waals surface area contributed by atoms with E-state index in [4.69, 9.17) is 9.47 Å². The molecule has 0 aliphatic rings. The number of rotatable bonds is 8. The van der Waals surface area contributed by atoms with Crippen LogP contribution in [0.5, 0.6) is 0 Å². The molecule has 0 atom stereocenters. The molecular formula is C16H21NO5. The summed E-state index contributed by atoms with van der Waals surface area (Å²) >= 11 is 0. The number of carbonyl (C=O) groups is 3. The molecule has 22 heavy (non-hydrogen) atoms. The van der Waals surface area contributed by atoms with Crippen LogP contribution in [0.2, 0.25) is 0 Å². The number of ether oxygens (including phenoxy) is 2. The van der Waals surface area contributed by atoms with E-state index in [1.807, 2.05) is 30.3 Å². The fraction of sp³-hybridized carbons (Fsp3) is 0.438. The molecule has 0 aliphatic carbocycles. The third kappa shape index (κ3) is 5.95. The highest BCUT2D eigenvalue weighted by Crippen LogP contribution is 2.03. The minimum absolute atomic E-state index is 0.120. The fourth-order valence-electron chi connectivity index (χ4n) is 1.80. The van der Waals surface area contributed by atoms with Gasteiger partial charge in [-0.2, -0.15) is 0 Å². The van der Waals surface area contributed by atoms with Crippen LogP contribution in [0, 0.1) is 0 Å². The molecule has 0 radical (unpaired) electrons. The van der Waals surface area contributed by atoms with E-state index < -0.39 is 23.9 Å². The molecule has 0 heterocycles. The summed E-state index contributed by atoms with van der Waals surface area (Å²) in [7, 11) is 0. The molecule has 0 unspecified atom stereocenters. The third-order valence-electron chi connectivity index (χ3n) is 2.83. The first-order chi connectivity index (χ1) is 10.6. The van der Waals surface area contributed by atoms with Crippen LogP contribution in [0.4, 0.5) is 0 Å². The van der Waals surface area contributed by atoms with Crippen molar-refractivity contribution in [3.05, 3.63) is 35.9 Å². The van der Waals surface area contributed by atoms with Gasteiger partial charge in [0.1, 0.15) is 0 Å². The maximum Gasteiger partial charge on any atom is 0.340 e. The minimum Gasteiger partial charge on any atom is -0.464 e. The van der Waals surface area contributed by atoms with Crippen molar-refractivity contribution in [2.75, 3.05) is 13.2 Å². The van der Waals surface area contributed by atoms with E-state index in [1.54, 1.807) is 13.8 Å². The molecule has 1 rings (SSSR count). The minimum atomic E-state index is -1.41. The van der Waals surface area contributed by atoms with Gasteiger partial charge < -0.3 is 14.8 Å². The molecule has 1 amide bonds. The van der Waals surface area contributed by atoms with Gasteiger partial charge in [-0.05, 0) is 25.8 Å². The van der Waals surface area contributed by atoms with Crippen molar-refractivity contribution in [1.29, 1.82) is 0 Å². The summed E-state index contributed by atoms with van der Waals surface area (Å²) in [6.07, 6.45) is 0.685. The standard InChI is InChI=1S/C16H21NO5/c1-3-21-15(19)14(16(20)22-4-2)17-13(18)11-10-12-8-6-5-7-9-12/h5-9,14H,3-4,10-11H2,1-2H3,(H,17,18). The zero-order chi connectivity index (χ0) is 16.4. The van der Waals surface area contributed by atoms with Crippen molar-refractivity contribution < 1.29 is 23.9 Å². The van der Waals surface area contributed by atoms with E-state index in [0.717, 1.165) is 5.56 Å². The van der Waals surface area contributed by atoms with E-state index >= 15 is 0 Å². The Kier molecular flexibility index (Phi) is 7.67. The maximum absolute atomic E-state index is 11.9. The van der Waals surface area contributed by atoms with Gasteiger partial charge in [0, 0.05) is 6.42 Å². The van der Waals surface area contributed by atoms with Crippen LogP contribution >= 0.6 is 0 Å². The van der Waals surface area contributed by atoms with Gasteiger partial charge in [0.15, 0.2) is 0 Å². The number of esters is 2. The molecule has 120 valence electrons. The first kappa shape index (κ1) is 17.7. The van der Waals surface area contributed by atoms with E-state index in [0.29, 0.717) is 6.42 Å². The normalized spacial score (nSPS) is 10.1. The molecule has 1 N–H and O–H groups in total. The van der Waals surface area contributed by atoms with E-state index in [1.165, 1.54) is 0 Å². The van der Waals surface area contributed by atoms with Gasteiger partial charge in [-0.3, -0.25) is 4.79 Å². The van der Waals surface area contributed by atoms with Gasteiger partial charge in [0.25, 0.3) is 0 Å². The lowest BCUT2D eigenvalue weighted by atomic mass is 10.1. The second-order valence-corrected chi connectivity index (χ2v) is 4.49. The van der Waals surface area contributed by atoms with Crippen molar-refractivity contribution in [2.24, 2.45) is 0 Å². The Labute approximate surface area is 129 Å². The van der Waals surface area contributed by atoms with Crippen LogP contribution in [-0.4, -0.2) is 37.1 Å². The van der Waals surface area contributed by atoms with E-state index in [2.05, 4.69) is 5.32 Å². The highest BCUT2D eigenvalue weighted by Gasteiger charge is 2.30. The van der Waals surface area contributed by atoms with Crippen LogP contribution in [0.3, 0.4) is 0 Å². The van der Waals surface area contributed by atoms with Crippen molar-refractivity contribution in [2.45, 2.75) is 32.7 Å². The molecule has 0 bridgehead atoms. The molecule has 0 aliphatic heterocycles. The molecule has 6 heteroatoms. The van der Waals surface area contributed by atoms with Crippen molar-refractivity contribution in [1.82, 2.24) is 5.32 Å². The van der Waals surface area contributed by atoms with Crippen LogP contribution in [-0.2, 0) is 30.3 Å². The summed E-state index contributed by atoms with van der Waals surface area (Å²) < 4.78 is 9.56. The number of benzene rings is 1.